The monoisotopic (exact) mass is 220 g/mol. The van der Waals surface area contributed by atoms with E-state index in [9.17, 15) is 0 Å². The molecule has 2 heterocycles. The third-order valence-electron chi connectivity index (χ3n) is 3.28. The first-order valence-corrected chi connectivity index (χ1v) is 5.80. The normalized spacial score (nSPS) is 19.2. The zero-order valence-electron chi connectivity index (χ0n) is 10.3. The molecular weight excluding hydrogens is 200 g/mol. The molecule has 4 heteroatoms. The van der Waals surface area contributed by atoms with Crippen LogP contribution >= 0.6 is 0 Å². The highest BCUT2D eigenvalue weighted by Crippen LogP contribution is 2.29. The van der Waals surface area contributed by atoms with Crippen LogP contribution < -0.4 is 0 Å². The Kier molecular flexibility index (Phi) is 2.90. The van der Waals surface area contributed by atoms with Crippen LogP contribution in [0.15, 0.2) is 31.1 Å². The van der Waals surface area contributed by atoms with Crippen molar-refractivity contribution in [3.63, 3.8) is 0 Å². The minimum atomic E-state index is -0.00743. The highest BCUT2D eigenvalue weighted by Gasteiger charge is 2.32. The van der Waals surface area contributed by atoms with Gasteiger partial charge in [-0.3, -0.25) is 0 Å². The molecule has 2 rings (SSSR count). The third-order valence-corrected chi connectivity index (χ3v) is 3.28. The maximum Gasteiger partial charge on any atom is 0.116 e. The van der Waals surface area contributed by atoms with Gasteiger partial charge in [0, 0.05) is 31.8 Å². The van der Waals surface area contributed by atoms with E-state index < -0.39 is 0 Å². The Morgan fingerprint density at radius 1 is 1.38 bits per heavy atom. The first-order valence-electron chi connectivity index (χ1n) is 5.80. The molecule has 0 aliphatic carbocycles. The molecule has 0 saturated heterocycles. The molecule has 1 atom stereocenters. The molecule has 0 N–H and O–H groups in total. The summed E-state index contributed by atoms with van der Waals surface area (Å²) in [5, 5.41) is 0. The van der Waals surface area contributed by atoms with Gasteiger partial charge in [0.15, 0.2) is 0 Å². The SMILES string of the molecule is CCCC(C)(N1C=CN(C)C1)n1ccnc1. The van der Waals surface area contributed by atoms with Crippen LogP contribution in [0.1, 0.15) is 26.7 Å². The number of hydrogen-bond donors (Lipinski definition) is 0. The zero-order valence-corrected chi connectivity index (χ0v) is 10.3. The molecule has 0 fully saturated rings. The van der Waals surface area contributed by atoms with Crippen molar-refractivity contribution in [1.82, 2.24) is 19.4 Å². The molecule has 1 aliphatic heterocycles. The Labute approximate surface area is 97.2 Å². The van der Waals surface area contributed by atoms with E-state index in [2.05, 4.69) is 52.6 Å². The molecule has 0 radical (unpaired) electrons. The molecule has 4 nitrogen and oxygen atoms in total. The number of imidazole rings is 1. The molecule has 0 amide bonds. The quantitative estimate of drug-likeness (QED) is 0.776. The fourth-order valence-electron chi connectivity index (χ4n) is 2.28. The van der Waals surface area contributed by atoms with Gasteiger partial charge in [-0.25, -0.2) is 4.98 Å². The van der Waals surface area contributed by atoms with E-state index in [-0.39, 0.29) is 5.66 Å². The van der Waals surface area contributed by atoms with Crippen molar-refractivity contribution < 1.29 is 0 Å². The van der Waals surface area contributed by atoms with E-state index in [0.29, 0.717) is 0 Å². The first kappa shape index (κ1) is 11.0. The molecule has 0 saturated carbocycles. The first-order chi connectivity index (χ1) is 7.66. The predicted molar refractivity (Wildman–Crippen MR) is 64.4 cm³/mol. The van der Waals surface area contributed by atoms with Crippen molar-refractivity contribution >= 4 is 0 Å². The molecule has 0 aromatic carbocycles. The summed E-state index contributed by atoms with van der Waals surface area (Å²) in [5.41, 5.74) is -0.00743. The Bertz CT molecular complexity index is 357. The fourth-order valence-corrected chi connectivity index (χ4v) is 2.28. The number of aromatic nitrogens is 2. The van der Waals surface area contributed by atoms with Gasteiger partial charge < -0.3 is 14.4 Å². The molecule has 1 aromatic heterocycles. The van der Waals surface area contributed by atoms with Crippen molar-refractivity contribution in [3.05, 3.63) is 31.1 Å². The number of rotatable bonds is 4. The smallest absolute Gasteiger partial charge is 0.116 e. The maximum absolute atomic E-state index is 4.16. The van der Waals surface area contributed by atoms with Crippen molar-refractivity contribution in [2.24, 2.45) is 0 Å². The summed E-state index contributed by atoms with van der Waals surface area (Å²) in [7, 11) is 2.09. The van der Waals surface area contributed by atoms with Gasteiger partial charge in [-0.2, -0.15) is 0 Å². The molecule has 1 aliphatic rings. The predicted octanol–water partition coefficient (Wildman–Crippen LogP) is 2.03. The van der Waals surface area contributed by atoms with Crippen molar-refractivity contribution in [1.29, 1.82) is 0 Å². The van der Waals surface area contributed by atoms with Crippen LogP contribution in [0.2, 0.25) is 0 Å². The molecule has 0 bridgehead atoms. The lowest BCUT2D eigenvalue weighted by molar-refractivity contribution is 0.0568. The van der Waals surface area contributed by atoms with Crippen molar-refractivity contribution in [2.45, 2.75) is 32.4 Å². The Balaban J connectivity index is 2.25. The van der Waals surface area contributed by atoms with E-state index in [0.717, 1.165) is 19.5 Å². The highest BCUT2D eigenvalue weighted by molar-refractivity contribution is 4.98. The molecular formula is C12H20N4. The van der Waals surface area contributed by atoms with Crippen LogP contribution in [0.5, 0.6) is 0 Å². The van der Waals surface area contributed by atoms with Gasteiger partial charge in [0.05, 0.1) is 13.0 Å². The van der Waals surface area contributed by atoms with Crippen LogP contribution in [-0.2, 0) is 5.66 Å². The summed E-state index contributed by atoms with van der Waals surface area (Å²) in [5.74, 6) is 0. The number of hydrogen-bond acceptors (Lipinski definition) is 3. The minimum absolute atomic E-state index is 0.00743. The molecule has 1 aromatic rings. The molecule has 0 spiro atoms. The topological polar surface area (TPSA) is 24.3 Å². The van der Waals surface area contributed by atoms with Crippen LogP contribution in [0.25, 0.3) is 0 Å². The fraction of sp³-hybridized carbons (Fsp3) is 0.583. The summed E-state index contributed by atoms with van der Waals surface area (Å²) in [4.78, 5) is 8.70. The average molecular weight is 220 g/mol. The summed E-state index contributed by atoms with van der Waals surface area (Å²) in [6.45, 7) is 5.43. The van der Waals surface area contributed by atoms with Gasteiger partial charge in [0.25, 0.3) is 0 Å². The zero-order chi connectivity index (χ0) is 11.6. The lowest BCUT2D eigenvalue weighted by Gasteiger charge is -2.40. The van der Waals surface area contributed by atoms with E-state index in [4.69, 9.17) is 0 Å². The average Bonchev–Trinajstić information content (AvgIpc) is 2.87. The van der Waals surface area contributed by atoms with E-state index in [1.54, 1.807) is 0 Å². The second-order valence-electron chi connectivity index (χ2n) is 4.60. The van der Waals surface area contributed by atoms with Crippen LogP contribution in [0.4, 0.5) is 0 Å². The lowest BCUT2D eigenvalue weighted by atomic mass is 10.1. The van der Waals surface area contributed by atoms with Gasteiger partial charge >= 0.3 is 0 Å². The van der Waals surface area contributed by atoms with Gasteiger partial charge in [-0.1, -0.05) is 13.3 Å². The number of nitrogens with zero attached hydrogens (tertiary/aromatic N) is 4. The summed E-state index contributed by atoms with van der Waals surface area (Å²) in [6.07, 6.45) is 12.3. The third kappa shape index (κ3) is 1.79. The van der Waals surface area contributed by atoms with Gasteiger partial charge in [-0.15, -0.1) is 0 Å². The molecule has 16 heavy (non-hydrogen) atoms. The van der Waals surface area contributed by atoms with Crippen LogP contribution in [0.3, 0.4) is 0 Å². The Hall–Kier alpha value is -1.45. The summed E-state index contributed by atoms with van der Waals surface area (Å²) >= 11 is 0. The maximum atomic E-state index is 4.16. The van der Waals surface area contributed by atoms with Crippen LogP contribution in [0, 0.1) is 0 Å². The molecule has 1 unspecified atom stereocenters. The van der Waals surface area contributed by atoms with Crippen molar-refractivity contribution in [2.75, 3.05) is 13.7 Å². The summed E-state index contributed by atoms with van der Waals surface area (Å²) < 4.78 is 2.19. The largest absolute Gasteiger partial charge is 0.362 e. The van der Waals surface area contributed by atoms with E-state index in [1.807, 2.05) is 18.7 Å². The van der Waals surface area contributed by atoms with Crippen molar-refractivity contribution in [3.8, 4) is 0 Å². The second kappa shape index (κ2) is 4.20. The van der Waals surface area contributed by atoms with E-state index >= 15 is 0 Å². The Morgan fingerprint density at radius 3 is 2.69 bits per heavy atom. The standard InChI is InChI=1S/C12H20N4/c1-4-5-12(2,15-7-6-13-10-15)16-9-8-14(3)11-16/h6-10H,4-5,11H2,1-3H3. The van der Waals surface area contributed by atoms with E-state index in [1.165, 1.54) is 0 Å². The van der Waals surface area contributed by atoms with Gasteiger partial charge in [0.2, 0.25) is 0 Å². The Morgan fingerprint density at radius 2 is 2.19 bits per heavy atom. The van der Waals surface area contributed by atoms with Gasteiger partial charge in [-0.05, 0) is 13.3 Å². The molecule has 88 valence electrons. The highest BCUT2D eigenvalue weighted by atomic mass is 15.4. The minimum Gasteiger partial charge on any atom is -0.362 e. The second-order valence-corrected chi connectivity index (χ2v) is 4.60. The van der Waals surface area contributed by atoms with Gasteiger partial charge in [0.1, 0.15) is 5.66 Å². The summed E-state index contributed by atoms with van der Waals surface area (Å²) in [6, 6.07) is 0. The van der Waals surface area contributed by atoms with Crippen LogP contribution in [-0.4, -0.2) is 33.1 Å². The lowest BCUT2D eigenvalue weighted by Crippen LogP contribution is -2.45.